The highest BCUT2D eigenvalue weighted by Crippen LogP contribution is 2.38. The number of halogens is 4. The molecule has 0 aliphatic heterocycles. The number of pyridine rings is 1. The van der Waals surface area contributed by atoms with E-state index in [1.165, 1.54) is 35.5 Å². The molecule has 6 rings (SSSR count). The first-order chi connectivity index (χ1) is 21.2. The smallest absolute Gasteiger partial charge is 0.272 e. The summed E-state index contributed by atoms with van der Waals surface area (Å²) in [4.78, 5) is 25.7. The van der Waals surface area contributed by atoms with Crippen molar-refractivity contribution < 1.29 is 31.8 Å². The van der Waals surface area contributed by atoms with Crippen LogP contribution in [-0.4, -0.2) is 43.5 Å². The van der Waals surface area contributed by atoms with Crippen LogP contribution in [0.3, 0.4) is 0 Å². The van der Waals surface area contributed by atoms with Gasteiger partial charge in [0.2, 0.25) is 11.6 Å². The largest absolute Gasteiger partial charge is 0.487 e. The van der Waals surface area contributed by atoms with Crippen LogP contribution in [0, 0.1) is 18.6 Å². The number of anilines is 1. The molecule has 2 aromatic carbocycles. The Bertz CT molecular complexity index is 1910. The van der Waals surface area contributed by atoms with Crippen LogP contribution in [0.15, 0.2) is 73.1 Å². The highest BCUT2D eigenvalue weighted by molar-refractivity contribution is 6.15. The van der Waals surface area contributed by atoms with Gasteiger partial charge in [-0.2, -0.15) is 5.10 Å². The molecule has 13 heteroatoms. The summed E-state index contributed by atoms with van der Waals surface area (Å²) in [7, 11) is 0. The first-order valence-corrected chi connectivity index (χ1v) is 13.2. The number of aromatic nitrogens is 5. The number of Topliss-reactive ketones (excluding diaryl/α,β-unsaturated/α-hetero) is 1. The molecule has 0 unspecified atom stereocenters. The van der Waals surface area contributed by atoms with Crippen LogP contribution in [0.5, 0.6) is 17.4 Å². The van der Waals surface area contributed by atoms with Crippen LogP contribution >= 0.6 is 0 Å². The van der Waals surface area contributed by atoms with Gasteiger partial charge in [0, 0.05) is 41.6 Å². The average Bonchev–Trinajstić information content (AvgIpc) is 3.60. The van der Waals surface area contributed by atoms with Gasteiger partial charge >= 0.3 is 0 Å². The molecule has 3 aromatic heterocycles. The molecule has 1 aliphatic rings. The number of carbonyl (C=O) groups is 1. The number of ether oxygens (including phenoxy) is 2. The molecule has 1 aliphatic carbocycles. The van der Waals surface area contributed by atoms with Gasteiger partial charge < -0.3 is 15.2 Å². The summed E-state index contributed by atoms with van der Waals surface area (Å²) in [6, 6.07) is 8.20. The fourth-order valence-electron chi connectivity index (χ4n) is 4.84. The van der Waals surface area contributed by atoms with Gasteiger partial charge in [-0.15, -0.1) is 0 Å². The fourth-order valence-corrected chi connectivity index (χ4v) is 4.84. The second-order valence-electron chi connectivity index (χ2n) is 9.87. The van der Waals surface area contributed by atoms with Gasteiger partial charge in [0.25, 0.3) is 6.43 Å². The number of allylic oxidation sites excluding steroid dienone is 1. The van der Waals surface area contributed by atoms with Crippen LogP contribution < -0.4 is 15.2 Å². The van der Waals surface area contributed by atoms with Gasteiger partial charge in [-0.25, -0.2) is 37.2 Å². The minimum atomic E-state index is -2.67. The molecule has 222 valence electrons. The SMILES string of the molecule is Cc1cc(Oc2c(F)cccc2F)ncc1-n1ncc(C(=O)C2=Cc3cc(OCC(F)F)c(-c4cncnc4)cc3C2)c1N. The Morgan fingerprint density at radius 1 is 1.07 bits per heavy atom. The third kappa shape index (κ3) is 5.46. The summed E-state index contributed by atoms with van der Waals surface area (Å²) >= 11 is 0. The molecule has 44 heavy (non-hydrogen) atoms. The van der Waals surface area contributed by atoms with Gasteiger partial charge in [-0.3, -0.25) is 4.79 Å². The number of nitrogen functional groups attached to an aromatic ring is 1. The molecule has 0 radical (unpaired) electrons. The lowest BCUT2D eigenvalue weighted by Crippen LogP contribution is -2.09. The topological polar surface area (TPSA) is 118 Å². The van der Waals surface area contributed by atoms with Gasteiger partial charge in [0.15, 0.2) is 17.4 Å². The monoisotopic (exact) mass is 602 g/mol. The van der Waals surface area contributed by atoms with Crippen molar-refractivity contribution in [1.29, 1.82) is 0 Å². The molecule has 0 spiro atoms. The number of benzene rings is 2. The van der Waals surface area contributed by atoms with Crippen molar-refractivity contribution in [2.24, 2.45) is 0 Å². The first-order valence-electron chi connectivity index (χ1n) is 13.2. The number of hydrogen-bond acceptors (Lipinski definition) is 8. The minimum absolute atomic E-state index is 0.0497. The van der Waals surface area contributed by atoms with Crippen LogP contribution in [-0.2, 0) is 6.42 Å². The third-order valence-corrected chi connectivity index (χ3v) is 6.94. The zero-order chi connectivity index (χ0) is 31.0. The summed E-state index contributed by atoms with van der Waals surface area (Å²) in [5.41, 5.74) is 10.4. The number of rotatable bonds is 9. The van der Waals surface area contributed by atoms with Gasteiger partial charge in [-0.05, 0) is 54.0 Å². The fraction of sp³-hybridized carbons (Fsp3) is 0.129. The number of nitrogens with zero attached hydrogens (tertiary/aromatic N) is 5. The maximum Gasteiger partial charge on any atom is 0.272 e. The lowest BCUT2D eigenvalue weighted by Gasteiger charge is -2.13. The summed E-state index contributed by atoms with van der Waals surface area (Å²) in [5.74, 6) is -2.49. The Balaban J connectivity index is 1.26. The van der Waals surface area contributed by atoms with E-state index in [0.717, 1.165) is 17.7 Å². The predicted molar refractivity (Wildman–Crippen MR) is 152 cm³/mol. The van der Waals surface area contributed by atoms with Gasteiger partial charge in [0.1, 0.15) is 24.5 Å². The normalized spacial score (nSPS) is 12.3. The number of aryl methyl sites for hydroxylation is 1. The quantitative estimate of drug-likeness (QED) is 0.158. The minimum Gasteiger partial charge on any atom is -0.487 e. The van der Waals surface area contributed by atoms with Gasteiger partial charge in [-0.1, -0.05) is 6.07 Å². The molecular weight excluding hydrogens is 580 g/mol. The molecule has 0 saturated carbocycles. The molecule has 0 bridgehead atoms. The van der Waals surface area contributed by atoms with E-state index in [2.05, 4.69) is 20.1 Å². The standard InChI is InChI=1S/C31H22F4N6O3/c1-16-5-28(44-30-23(32)3-2-4-24(30)33)39-13-25(16)41-31(36)22(12-40-41)29(42)19-6-17-8-21(20-10-37-15-38-11-20)26(9-18(17)7-19)43-14-27(34)35/h2-5,7-13,15,27H,6,14,36H2,1H3. The molecule has 9 nitrogen and oxygen atoms in total. The molecule has 3 heterocycles. The van der Waals surface area contributed by atoms with E-state index in [1.807, 2.05) is 0 Å². The highest BCUT2D eigenvalue weighted by Gasteiger charge is 2.26. The first kappa shape index (κ1) is 28.5. The average molecular weight is 603 g/mol. The molecular formula is C31H22F4N6O3. The van der Waals surface area contributed by atoms with Crippen molar-refractivity contribution >= 4 is 17.7 Å². The maximum atomic E-state index is 14.0. The summed E-state index contributed by atoms with van der Waals surface area (Å²) in [6.45, 7) is 0.898. The van der Waals surface area contributed by atoms with E-state index in [-0.39, 0.29) is 35.2 Å². The summed E-state index contributed by atoms with van der Waals surface area (Å²) in [6.07, 6.45) is 6.39. The lowest BCUT2D eigenvalue weighted by atomic mass is 9.99. The lowest BCUT2D eigenvalue weighted by molar-refractivity contribution is 0.0821. The highest BCUT2D eigenvalue weighted by atomic mass is 19.3. The van der Waals surface area contributed by atoms with Crippen molar-refractivity contribution in [3.05, 3.63) is 107 Å². The Labute approximate surface area is 247 Å². The van der Waals surface area contributed by atoms with E-state index >= 15 is 0 Å². The van der Waals surface area contributed by atoms with E-state index in [0.29, 0.717) is 33.5 Å². The molecule has 0 atom stereocenters. The van der Waals surface area contributed by atoms with E-state index < -0.39 is 30.4 Å². The number of carbonyl (C=O) groups excluding carboxylic acids is 1. The number of fused-ring (bicyclic) bond motifs is 1. The predicted octanol–water partition coefficient (Wildman–Crippen LogP) is 6.15. The summed E-state index contributed by atoms with van der Waals surface area (Å²) in [5, 5.41) is 4.28. The van der Waals surface area contributed by atoms with Crippen molar-refractivity contribution in [3.63, 3.8) is 0 Å². The maximum absolute atomic E-state index is 14.0. The molecule has 2 N–H and O–H groups in total. The van der Waals surface area contributed by atoms with Crippen LogP contribution in [0.4, 0.5) is 23.4 Å². The zero-order valence-electron chi connectivity index (χ0n) is 23.0. The second-order valence-corrected chi connectivity index (χ2v) is 9.87. The van der Waals surface area contributed by atoms with Crippen LogP contribution in [0.1, 0.15) is 27.0 Å². The molecule has 0 saturated heterocycles. The third-order valence-electron chi connectivity index (χ3n) is 6.94. The van der Waals surface area contributed by atoms with E-state index in [9.17, 15) is 22.4 Å². The van der Waals surface area contributed by atoms with Gasteiger partial charge in [0.05, 0.1) is 23.6 Å². The molecule has 0 amide bonds. The Kier molecular flexibility index (Phi) is 7.51. The Hall–Kier alpha value is -5.59. The zero-order valence-corrected chi connectivity index (χ0v) is 23.0. The second kappa shape index (κ2) is 11.6. The Morgan fingerprint density at radius 2 is 1.82 bits per heavy atom. The molecule has 5 aromatic rings. The number of ketones is 1. The Morgan fingerprint density at radius 3 is 2.52 bits per heavy atom. The van der Waals surface area contributed by atoms with E-state index in [4.69, 9.17) is 15.2 Å². The number of nitrogens with two attached hydrogens (primary N) is 1. The molecule has 0 fully saturated rings. The number of para-hydroxylation sites is 1. The number of hydrogen-bond donors (Lipinski definition) is 1. The van der Waals surface area contributed by atoms with Crippen LogP contribution in [0.25, 0.3) is 22.9 Å². The van der Waals surface area contributed by atoms with Crippen molar-refractivity contribution in [3.8, 4) is 34.2 Å². The summed E-state index contributed by atoms with van der Waals surface area (Å²) < 4.78 is 65.9. The van der Waals surface area contributed by atoms with Crippen molar-refractivity contribution in [2.75, 3.05) is 12.3 Å². The van der Waals surface area contributed by atoms with Crippen LogP contribution in [0.2, 0.25) is 0 Å². The van der Waals surface area contributed by atoms with Crippen molar-refractivity contribution in [1.82, 2.24) is 24.7 Å². The van der Waals surface area contributed by atoms with E-state index in [1.54, 1.807) is 37.5 Å². The van der Waals surface area contributed by atoms with Crippen molar-refractivity contribution in [2.45, 2.75) is 19.8 Å². The number of alkyl halides is 2.